The van der Waals surface area contributed by atoms with Crippen LogP contribution in [0, 0.1) is 5.92 Å². The lowest BCUT2D eigenvalue weighted by atomic mass is 9.94. The second-order valence-corrected chi connectivity index (χ2v) is 5.90. The normalized spacial score (nSPS) is 18.7. The summed E-state index contributed by atoms with van der Waals surface area (Å²) in [7, 11) is 0. The molecule has 19 heavy (non-hydrogen) atoms. The summed E-state index contributed by atoms with van der Waals surface area (Å²) in [4.78, 5) is 11.2. The molecule has 4 heteroatoms. The number of fused-ring (bicyclic) bond motifs is 1. The second-order valence-electron chi connectivity index (χ2n) is 5.22. The summed E-state index contributed by atoms with van der Waals surface area (Å²) < 4.78 is 0. The summed E-state index contributed by atoms with van der Waals surface area (Å²) in [5.74, 6) is 1.69. The van der Waals surface area contributed by atoms with E-state index < -0.39 is 0 Å². The van der Waals surface area contributed by atoms with Crippen LogP contribution in [0.15, 0.2) is 30.6 Å². The van der Waals surface area contributed by atoms with Gasteiger partial charge in [-0.2, -0.15) is 0 Å². The zero-order valence-electron chi connectivity index (χ0n) is 11.1. The molecule has 1 saturated heterocycles. The van der Waals surface area contributed by atoms with E-state index in [-0.39, 0.29) is 5.38 Å². The largest absolute Gasteiger partial charge is 0.356 e. The van der Waals surface area contributed by atoms with Gasteiger partial charge in [-0.1, -0.05) is 12.1 Å². The lowest BCUT2D eigenvalue weighted by Crippen LogP contribution is -2.36. The number of halogens is 1. The first-order valence-corrected chi connectivity index (χ1v) is 7.28. The summed E-state index contributed by atoms with van der Waals surface area (Å²) in [6.07, 6.45) is 3.94. The molecule has 1 aliphatic rings. The molecule has 0 saturated carbocycles. The summed E-state index contributed by atoms with van der Waals surface area (Å²) in [6.45, 7) is 4.16. The van der Waals surface area contributed by atoms with Gasteiger partial charge in [0.1, 0.15) is 12.1 Å². The fourth-order valence-corrected chi connectivity index (χ4v) is 3.07. The summed E-state index contributed by atoms with van der Waals surface area (Å²) in [5, 5.41) is 1.41. The topological polar surface area (TPSA) is 29.0 Å². The molecular formula is C15H18ClN3. The van der Waals surface area contributed by atoms with Crippen molar-refractivity contribution in [3.05, 3.63) is 30.6 Å². The molecule has 3 nitrogen and oxygen atoms in total. The molecule has 100 valence electrons. The first kappa shape index (κ1) is 12.7. The average Bonchev–Trinajstić information content (AvgIpc) is 2.47. The van der Waals surface area contributed by atoms with Gasteiger partial charge in [-0.25, -0.2) is 9.97 Å². The number of piperidine rings is 1. The smallest absolute Gasteiger partial charge is 0.139 e. The Kier molecular flexibility index (Phi) is 3.56. The predicted octanol–water partition coefficient (Wildman–Crippen LogP) is 3.47. The number of anilines is 1. The monoisotopic (exact) mass is 275 g/mol. The highest BCUT2D eigenvalue weighted by atomic mass is 35.5. The molecule has 2 heterocycles. The highest BCUT2D eigenvalue weighted by molar-refractivity contribution is 6.20. The molecule has 1 aromatic carbocycles. The van der Waals surface area contributed by atoms with Crippen LogP contribution in [-0.2, 0) is 0 Å². The van der Waals surface area contributed by atoms with Gasteiger partial charge in [-0.05, 0) is 37.8 Å². The SMILES string of the molecule is CC(Cl)C1CCN(c2ncnc3ccccc23)CC1. The van der Waals surface area contributed by atoms with Gasteiger partial charge in [0.15, 0.2) is 0 Å². The average molecular weight is 276 g/mol. The van der Waals surface area contributed by atoms with Crippen molar-refractivity contribution < 1.29 is 0 Å². The van der Waals surface area contributed by atoms with Gasteiger partial charge in [0, 0.05) is 23.9 Å². The molecule has 2 aromatic rings. The van der Waals surface area contributed by atoms with Crippen LogP contribution in [-0.4, -0.2) is 28.4 Å². The van der Waals surface area contributed by atoms with Gasteiger partial charge in [0.05, 0.1) is 5.52 Å². The molecule has 0 amide bonds. The van der Waals surface area contributed by atoms with E-state index >= 15 is 0 Å². The molecule has 1 aliphatic heterocycles. The van der Waals surface area contributed by atoms with Crippen LogP contribution >= 0.6 is 11.6 Å². The number of hydrogen-bond acceptors (Lipinski definition) is 3. The van der Waals surface area contributed by atoms with Gasteiger partial charge in [0.25, 0.3) is 0 Å². The lowest BCUT2D eigenvalue weighted by Gasteiger charge is -2.34. The molecule has 1 unspecified atom stereocenters. The van der Waals surface area contributed by atoms with Crippen LogP contribution in [0.2, 0.25) is 0 Å². The lowest BCUT2D eigenvalue weighted by molar-refractivity contribution is 0.399. The number of benzene rings is 1. The van der Waals surface area contributed by atoms with Gasteiger partial charge >= 0.3 is 0 Å². The number of hydrogen-bond donors (Lipinski definition) is 0. The molecule has 3 rings (SSSR count). The quantitative estimate of drug-likeness (QED) is 0.786. The standard InChI is InChI=1S/C15H18ClN3/c1-11(16)12-6-8-19(9-7-12)15-13-4-2-3-5-14(13)17-10-18-15/h2-5,10-12H,6-9H2,1H3. The number of nitrogens with zero attached hydrogens (tertiary/aromatic N) is 3. The summed E-state index contributed by atoms with van der Waals surface area (Å²) in [6, 6.07) is 8.19. The third-order valence-electron chi connectivity index (χ3n) is 4.01. The van der Waals surface area contributed by atoms with Gasteiger partial charge in [-0.3, -0.25) is 0 Å². The van der Waals surface area contributed by atoms with E-state index in [0.29, 0.717) is 5.92 Å². The minimum absolute atomic E-state index is 0.268. The molecule has 0 radical (unpaired) electrons. The molecular weight excluding hydrogens is 258 g/mol. The van der Waals surface area contributed by atoms with E-state index in [9.17, 15) is 0 Å². The third kappa shape index (κ3) is 2.52. The second kappa shape index (κ2) is 5.33. The van der Waals surface area contributed by atoms with Crippen molar-refractivity contribution in [3.8, 4) is 0 Å². The van der Waals surface area contributed by atoms with E-state index in [4.69, 9.17) is 11.6 Å². The molecule has 1 aromatic heterocycles. The highest BCUT2D eigenvalue weighted by Gasteiger charge is 2.24. The minimum Gasteiger partial charge on any atom is -0.356 e. The van der Waals surface area contributed by atoms with Gasteiger partial charge in [0.2, 0.25) is 0 Å². The van der Waals surface area contributed by atoms with Gasteiger partial charge < -0.3 is 4.90 Å². The van der Waals surface area contributed by atoms with Crippen molar-refractivity contribution in [2.45, 2.75) is 25.1 Å². The maximum Gasteiger partial charge on any atom is 0.139 e. The van der Waals surface area contributed by atoms with Crippen LogP contribution in [0.4, 0.5) is 5.82 Å². The van der Waals surface area contributed by atoms with E-state index in [1.54, 1.807) is 6.33 Å². The van der Waals surface area contributed by atoms with Crippen LogP contribution in [0.1, 0.15) is 19.8 Å². The molecule has 1 atom stereocenters. The Morgan fingerprint density at radius 1 is 1.21 bits per heavy atom. The maximum absolute atomic E-state index is 6.20. The fraction of sp³-hybridized carbons (Fsp3) is 0.467. The Morgan fingerprint density at radius 3 is 2.68 bits per heavy atom. The van der Waals surface area contributed by atoms with E-state index in [1.165, 1.54) is 0 Å². The van der Waals surface area contributed by atoms with Crippen molar-refractivity contribution in [3.63, 3.8) is 0 Å². The predicted molar refractivity (Wildman–Crippen MR) is 79.8 cm³/mol. The molecule has 0 N–H and O–H groups in total. The Hall–Kier alpha value is -1.35. The van der Waals surface area contributed by atoms with E-state index in [1.807, 2.05) is 18.2 Å². The Bertz CT molecular complexity index is 557. The van der Waals surface area contributed by atoms with Crippen molar-refractivity contribution in [1.29, 1.82) is 0 Å². The zero-order chi connectivity index (χ0) is 13.2. The zero-order valence-corrected chi connectivity index (χ0v) is 11.8. The van der Waals surface area contributed by atoms with Crippen LogP contribution in [0.5, 0.6) is 0 Å². The molecule has 0 aliphatic carbocycles. The number of para-hydroxylation sites is 1. The van der Waals surface area contributed by atoms with Crippen LogP contribution < -0.4 is 4.90 Å². The van der Waals surface area contributed by atoms with Gasteiger partial charge in [-0.15, -0.1) is 11.6 Å². The maximum atomic E-state index is 6.20. The number of rotatable bonds is 2. The third-order valence-corrected chi connectivity index (χ3v) is 4.37. The van der Waals surface area contributed by atoms with E-state index in [0.717, 1.165) is 42.7 Å². The summed E-state index contributed by atoms with van der Waals surface area (Å²) in [5.41, 5.74) is 1.01. The molecule has 0 spiro atoms. The number of alkyl halides is 1. The Labute approximate surface area is 118 Å². The van der Waals surface area contributed by atoms with Crippen molar-refractivity contribution in [2.75, 3.05) is 18.0 Å². The fourth-order valence-electron chi connectivity index (χ4n) is 2.81. The van der Waals surface area contributed by atoms with Crippen molar-refractivity contribution in [1.82, 2.24) is 9.97 Å². The molecule has 1 fully saturated rings. The summed E-state index contributed by atoms with van der Waals surface area (Å²) >= 11 is 6.20. The minimum atomic E-state index is 0.268. The Morgan fingerprint density at radius 2 is 1.95 bits per heavy atom. The first-order valence-electron chi connectivity index (χ1n) is 6.84. The van der Waals surface area contributed by atoms with Crippen molar-refractivity contribution >= 4 is 28.3 Å². The highest BCUT2D eigenvalue weighted by Crippen LogP contribution is 2.29. The van der Waals surface area contributed by atoms with Crippen LogP contribution in [0.25, 0.3) is 10.9 Å². The Balaban J connectivity index is 1.86. The van der Waals surface area contributed by atoms with E-state index in [2.05, 4.69) is 27.9 Å². The number of aromatic nitrogens is 2. The van der Waals surface area contributed by atoms with Crippen molar-refractivity contribution in [2.24, 2.45) is 5.92 Å². The molecule has 0 bridgehead atoms. The first-order chi connectivity index (χ1) is 9.25. The van der Waals surface area contributed by atoms with Crippen LogP contribution in [0.3, 0.4) is 0 Å².